The fraction of sp³-hybridized carbons (Fsp3) is 0.125. The molecule has 1 aromatic carbocycles. The number of hydrogen-bond acceptors (Lipinski definition) is 7. The highest BCUT2D eigenvalue weighted by Gasteiger charge is 2.08. The van der Waals surface area contributed by atoms with Crippen molar-refractivity contribution in [3.8, 4) is 17.3 Å². The molecule has 4 rings (SSSR count). The first-order valence-electron chi connectivity index (χ1n) is 9.94. The minimum atomic E-state index is 0.276. The topological polar surface area (TPSA) is 85.2 Å². The normalized spacial score (nSPS) is 10.9. The molecule has 0 aliphatic heterocycles. The number of ether oxygens (including phenoxy) is 1. The van der Waals surface area contributed by atoms with Crippen LogP contribution in [0.25, 0.3) is 11.3 Å². The molecule has 4 aromatic rings. The molecule has 0 radical (unpaired) electrons. The van der Waals surface area contributed by atoms with Crippen LogP contribution in [0, 0.1) is 6.92 Å². The van der Waals surface area contributed by atoms with E-state index in [9.17, 15) is 0 Å². The standard InChI is InChI=1S/C24H22N6O/c1-18-5-4-6-19(15-18)17-27-30-23-16-22(20-8-12-25-13-9-20)28-24(29-23)31-14-10-21-7-2-3-11-26-21/h2-9,11-13,15-17H,10,14H2,1H3,(H,28,29,30)/b27-17+. The number of anilines is 1. The van der Waals surface area contributed by atoms with Crippen LogP contribution in [-0.4, -0.2) is 32.8 Å². The van der Waals surface area contributed by atoms with E-state index in [1.54, 1.807) is 24.8 Å². The van der Waals surface area contributed by atoms with Crippen molar-refractivity contribution in [2.24, 2.45) is 5.10 Å². The van der Waals surface area contributed by atoms with Gasteiger partial charge in [-0.3, -0.25) is 15.4 Å². The number of nitrogens with one attached hydrogen (secondary N) is 1. The van der Waals surface area contributed by atoms with E-state index < -0.39 is 0 Å². The van der Waals surface area contributed by atoms with Crippen molar-refractivity contribution < 1.29 is 4.74 Å². The molecule has 0 aliphatic carbocycles. The van der Waals surface area contributed by atoms with Crippen LogP contribution in [-0.2, 0) is 6.42 Å². The quantitative estimate of drug-likeness (QED) is 0.344. The molecule has 154 valence electrons. The molecular formula is C24H22N6O. The van der Waals surface area contributed by atoms with Crippen molar-refractivity contribution in [1.82, 2.24) is 19.9 Å². The number of nitrogens with zero attached hydrogens (tertiary/aromatic N) is 5. The first-order chi connectivity index (χ1) is 15.3. The number of aryl methyl sites for hydroxylation is 1. The predicted molar refractivity (Wildman–Crippen MR) is 121 cm³/mol. The highest BCUT2D eigenvalue weighted by Crippen LogP contribution is 2.22. The molecule has 31 heavy (non-hydrogen) atoms. The summed E-state index contributed by atoms with van der Waals surface area (Å²) in [6.07, 6.45) is 7.63. The first kappa shape index (κ1) is 20.2. The Morgan fingerprint density at radius 2 is 1.87 bits per heavy atom. The zero-order valence-electron chi connectivity index (χ0n) is 17.1. The van der Waals surface area contributed by atoms with Crippen LogP contribution < -0.4 is 10.2 Å². The van der Waals surface area contributed by atoms with Crippen molar-refractivity contribution in [3.05, 3.63) is 96.1 Å². The molecule has 0 atom stereocenters. The van der Waals surface area contributed by atoms with Crippen molar-refractivity contribution in [2.45, 2.75) is 13.3 Å². The van der Waals surface area contributed by atoms with Gasteiger partial charge in [0, 0.05) is 42.3 Å². The molecule has 7 nitrogen and oxygen atoms in total. The Balaban J connectivity index is 1.51. The molecule has 0 aliphatic rings. The highest BCUT2D eigenvalue weighted by atomic mass is 16.5. The second kappa shape index (κ2) is 10.1. The summed E-state index contributed by atoms with van der Waals surface area (Å²) in [6, 6.07) is 19.8. The van der Waals surface area contributed by atoms with E-state index in [1.165, 1.54) is 5.56 Å². The van der Waals surface area contributed by atoms with Crippen LogP contribution in [0.1, 0.15) is 16.8 Å². The molecule has 0 bridgehead atoms. The fourth-order valence-electron chi connectivity index (χ4n) is 2.93. The summed E-state index contributed by atoms with van der Waals surface area (Å²) in [6.45, 7) is 2.47. The largest absolute Gasteiger partial charge is 0.463 e. The number of pyridine rings is 2. The van der Waals surface area contributed by atoms with Gasteiger partial charge in [0.05, 0.1) is 18.5 Å². The van der Waals surface area contributed by atoms with Crippen molar-refractivity contribution >= 4 is 12.0 Å². The van der Waals surface area contributed by atoms with E-state index in [-0.39, 0.29) is 6.01 Å². The monoisotopic (exact) mass is 410 g/mol. The summed E-state index contributed by atoms with van der Waals surface area (Å²) >= 11 is 0. The molecule has 0 saturated carbocycles. The van der Waals surface area contributed by atoms with Gasteiger partial charge >= 0.3 is 6.01 Å². The van der Waals surface area contributed by atoms with Gasteiger partial charge in [-0.1, -0.05) is 35.9 Å². The molecule has 3 heterocycles. The lowest BCUT2D eigenvalue weighted by Gasteiger charge is -2.09. The predicted octanol–water partition coefficient (Wildman–Crippen LogP) is 4.31. The maximum absolute atomic E-state index is 5.82. The summed E-state index contributed by atoms with van der Waals surface area (Å²) in [5.41, 5.74) is 7.75. The van der Waals surface area contributed by atoms with Crippen molar-refractivity contribution in [2.75, 3.05) is 12.0 Å². The van der Waals surface area contributed by atoms with Gasteiger partial charge in [0.1, 0.15) is 0 Å². The van der Waals surface area contributed by atoms with E-state index in [2.05, 4.69) is 36.5 Å². The van der Waals surface area contributed by atoms with Gasteiger partial charge in [0.15, 0.2) is 5.82 Å². The second-order valence-electron chi connectivity index (χ2n) is 6.86. The molecule has 0 saturated heterocycles. The molecule has 7 heteroatoms. The molecule has 0 unspecified atom stereocenters. The zero-order valence-corrected chi connectivity index (χ0v) is 17.1. The highest BCUT2D eigenvalue weighted by molar-refractivity contribution is 5.80. The third-order valence-electron chi connectivity index (χ3n) is 4.43. The number of benzene rings is 1. The van der Waals surface area contributed by atoms with Crippen LogP contribution in [0.4, 0.5) is 5.82 Å². The lowest BCUT2D eigenvalue weighted by atomic mass is 10.2. The Bertz CT molecular complexity index is 1150. The van der Waals surface area contributed by atoms with Crippen LogP contribution in [0.3, 0.4) is 0 Å². The SMILES string of the molecule is Cc1cccc(/C=N/Nc2cc(-c3ccncc3)nc(OCCc3ccccn3)n2)c1. The number of hydrogen-bond donors (Lipinski definition) is 1. The Morgan fingerprint density at radius 1 is 0.968 bits per heavy atom. The molecule has 1 N–H and O–H groups in total. The van der Waals surface area contributed by atoms with E-state index >= 15 is 0 Å². The third kappa shape index (κ3) is 5.93. The van der Waals surface area contributed by atoms with Gasteiger partial charge < -0.3 is 4.74 Å². The Labute approximate surface area is 180 Å². The van der Waals surface area contributed by atoms with Crippen LogP contribution in [0.2, 0.25) is 0 Å². The van der Waals surface area contributed by atoms with Gasteiger partial charge in [-0.2, -0.15) is 15.1 Å². The van der Waals surface area contributed by atoms with E-state index in [4.69, 9.17) is 4.74 Å². The zero-order chi connectivity index (χ0) is 21.3. The number of aromatic nitrogens is 4. The Hall–Kier alpha value is -4.13. The summed E-state index contributed by atoms with van der Waals surface area (Å²) in [4.78, 5) is 17.4. The molecule has 3 aromatic heterocycles. The maximum atomic E-state index is 5.82. The van der Waals surface area contributed by atoms with E-state index in [0.29, 0.717) is 18.8 Å². The minimum Gasteiger partial charge on any atom is -0.463 e. The summed E-state index contributed by atoms with van der Waals surface area (Å²) in [5.74, 6) is 0.540. The van der Waals surface area contributed by atoms with Gasteiger partial charge in [0.25, 0.3) is 0 Å². The van der Waals surface area contributed by atoms with Crippen LogP contribution >= 0.6 is 0 Å². The molecule has 0 fully saturated rings. The van der Waals surface area contributed by atoms with E-state index in [0.717, 1.165) is 22.5 Å². The lowest BCUT2D eigenvalue weighted by Crippen LogP contribution is -2.07. The van der Waals surface area contributed by atoms with Crippen molar-refractivity contribution in [1.29, 1.82) is 0 Å². The Kier molecular flexibility index (Phi) is 6.54. The van der Waals surface area contributed by atoms with Crippen molar-refractivity contribution in [3.63, 3.8) is 0 Å². The van der Waals surface area contributed by atoms with Crippen LogP contribution in [0.15, 0.2) is 84.4 Å². The maximum Gasteiger partial charge on any atom is 0.318 e. The summed E-state index contributed by atoms with van der Waals surface area (Å²) < 4.78 is 5.82. The molecular weight excluding hydrogens is 388 g/mol. The number of rotatable bonds is 8. The van der Waals surface area contributed by atoms with Gasteiger partial charge in [-0.15, -0.1) is 0 Å². The lowest BCUT2D eigenvalue weighted by molar-refractivity contribution is 0.296. The molecule has 0 amide bonds. The first-order valence-corrected chi connectivity index (χ1v) is 9.94. The van der Waals surface area contributed by atoms with E-state index in [1.807, 2.05) is 61.5 Å². The Morgan fingerprint density at radius 3 is 2.68 bits per heavy atom. The fourth-order valence-corrected chi connectivity index (χ4v) is 2.93. The summed E-state index contributed by atoms with van der Waals surface area (Å²) in [7, 11) is 0. The average Bonchev–Trinajstić information content (AvgIpc) is 2.80. The van der Waals surface area contributed by atoms with Gasteiger partial charge in [0.2, 0.25) is 0 Å². The summed E-state index contributed by atoms with van der Waals surface area (Å²) in [5, 5.41) is 4.31. The van der Waals surface area contributed by atoms with Gasteiger partial charge in [-0.25, -0.2) is 0 Å². The number of hydrazone groups is 1. The molecule has 0 spiro atoms. The second-order valence-corrected chi connectivity index (χ2v) is 6.86. The van der Waals surface area contributed by atoms with Gasteiger partial charge in [-0.05, 0) is 36.8 Å². The third-order valence-corrected chi connectivity index (χ3v) is 4.43. The minimum absolute atomic E-state index is 0.276. The smallest absolute Gasteiger partial charge is 0.318 e. The van der Waals surface area contributed by atoms with Crippen LogP contribution in [0.5, 0.6) is 6.01 Å². The average molecular weight is 410 g/mol.